The van der Waals surface area contributed by atoms with Crippen molar-refractivity contribution in [3.63, 3.8) is 0 Å². The lowest BCUT2D eigenvalue weighted by Crippen LogP contribution is -2.62. The number of nitrogens with zero attached hydrogens (tertiary/aromatic N) is 1. The van der Waals surface area contributed by atoms with E-state index in [0.717, 1.165) is 11.8 Å². The summed E-state index contributed by atoms with van der Waals surface area (Å²) in [7, 11) is 4.60. The minimum absolute atomic E-state index is 0.380. The fraction of sp³-hybridized carbons (Fsp3) is 1.00. The lowest BCUT2D eigenvalue weighted by atomic mass is 9.45. The molecular weight excluding hydrogens is 208 g/mol. The molecule has 2 heteroatoms. The molecule has 4 fully saturated rings. The van der Waals surface area contributed by atoms with Crippen molar-refractivity contribution in [2.24, 2.45) is 23.0 Å². The SMILES string of the molecule is CC(N)CC12CC3CC(C1)CC(N(C)C)(C3)C2. The highest BCUT2D eigenvalue weighted by molar-refractivity contribution is 5.12. The van der Waals surface area contributed by atoms with Gasteiger partial charge in [0.1, 0.15) is 0 Å². The zero-order chi connectivity index (χ0) is 12.3. The van der Waals surface area contributed by atoms with E-state index in [-0.39, 0.29) is 0 Å². The smallest absolute Gasteiger partial charge is 0.0214 e. The minimum Gasteiger partial charge on any atom is -0.328 e. The summed E-state index contributed by atoms with van der Waals surface area (Å²) in [6.07, 6.45) is 10.0. The molecule has 0 aromatic heterocycles. The van der Waals surface area contributed by atoms with E-state index < -0.39 is 0 Å². The molecule has 3 atom stereocenters. The lowest BCUT2D eigenvalue weighted by Gasteiger charge is -2.64. The molecule has 0 saturated heterocycles. The summed E-state index contributed by atoms with van der Waals surface area (Å²) >= 11 is 0. The molecule has 2 N–H and O–H groups in total. The Kier molecular flexibility index (Phi) is 2.61. The van der Waals surface area contributed by atoms with Gasteiger partial charge in [-0.1, -0.05) is 0 Å². The monoisotopic (exact) mass is 236 g/mol. The van der Waals surface area contributed by atoms with Crippen LogP contribution >= 0.6 is 0 Å². The molecule has 17 heavy (non-hydrogen) atoms. The molecule has 0 amide bonds. The van der Waals surface area contributed by atoms with Crippen molar-refractivity contribution in [1.82, 2.24) is 4.90 Å². The Labute approximate surface area is 106 Å². The second-order valence-corrected chi connectivity index (χ2v) is 7.76. The minimum atomic E-state index is 0.380. The van der Waals surface area contributed by atoms with Crippen molar-refractivity contribution in [1.29, 1.82) is 0 Å². The summed E-state index contributed by atoms with van der Waals surface area (Å²) in [5.74, 6) is 2.00. The van der Waals surface area contributed by atoms with E-state index in [9.17, 15) is 0 Å². The molecule has 4 bridgehead atoms. The van der Waals surface area contributed by atoms with E-state index in [1.807, 2.05) is 0 Å². The van der Waals surface area contributed by atoms with Crippen LogP contribution in [0.3, 0.4) is 0 Å². The quantitative estimate of drug-likeness (QED) is 0.816. The summed E-state index contributed by atoms with van der Waals surface area (Å²) in [4.78, 5) is 2.54. The highest BCUT2D eigenvalue weighted by Gasteiger charge is 2.58. The zero-order valence-corrected chi connectivity index (χ0v) is 11.7. The van der Waals surface area contributed by atoms with Crippen LogP contribution in [0.1, 0.15) is 51.9 Å². The van der Waals surface area contributed by atoms with Gasteiger partial charge in [-0.3, -0.25) is 0 Å². The molecule has 0 aliphatic heterocycles. The van der Waals surface area contributed by atoms with Crippen molar-refractivity contribution in [3.8, 4) is 0 Å². The maximum absolute atomic E-state index is 6.12. The molecule has 3 unspecified atom stereocenters. The number of hydrogen-bond acceptors (Lipinski definition) is 2. The molecule has 4 saturated carbocycles. The summed E-state index contributed by atoms with van der Waals surface area (Å²) in [6.45, 7) is 2.20. The average Bonchev–Trinajstić information content (AvgIpc) is 2.12. The molecule has 0 aromatic rings. The molecule has 0 radical (unpaired) electrons. The summed E-state index contributed by atoms with van der Waals surface area (Å²) in [5.41, 5.74) is 7.25. The number of nitrogens with two attached hydrogens (primary N) is 1. The molecular formula is C15H28N2. The van der Waals surface area contributed by atoms with Crippen LogP contribution in [0.25, 0.3) is 0 Å². The molecule has 4 aliphatic rings. The first-order chi connectivity index (χ1) is 7.93. The van der Waals surface area contributed by atoms with Gasteiger partial charge in [0.2, 0.25) is 0 Å². The summed E-state index contributed by atoms with van der Waals surface area (Å²) in [5, 5.41) is 0. The van der Waals surface area contributed by atoms with Crippen molar-refractivity contribution in [2.45, 2.75) is 63.5 Å². The van der Waals surface area contributed by atoms with Crippen LogP contribution in [0, 0.1) is 17.3 Å². The Morgan fingerprint density at radius 1 is 1.18 bits per heavy atom. The van der Waals surface area contributed by atoms with E-state index in [1.54, 1.807) is 0 Å². The highest BCUT2D eigenvalue weighted by atomic mass is 15.2. The van der Waals surface area contributed by atoms with Gasteiger partial charge < -0.3 is 10.6 Å². The van der Waals surface area contributed by atoms with E-state index in [2.05, 4.69) is 25.9 Å². The number of rotatable bonds is 3. The fourth-order valence-electron chi connectivity index (χ4n) is 5.85. The van der Waals surface area contributed by atoms with Gasteiger partial charge in [-0.2, -0.15) is 0 Å². The normalized spacial score (nSPS) is 49.9. The van der Waals surface area contributed by atoms with Crippen molar-refractivity contribution < 1.29 is 0 Å². The van der Waals surface area contributed by atoms with E-state index >= 15 is 0 Å². The van der Waals surface area contributed by atoms with Gasteiger partial charge in [0, 0.05) is 11.6 Å². The van der Waals surface area contributed by atoms with Gasteiger partial charge >= 0.3 is 0 Å². The van der Waals surface area contributed by atoms with Crippen LogP contribution in [-0.2, 0) is 0 Å². The third-order valence-electron chi connectivity index (χ3n) is 5.86. The van der Waals surface area contributed by atoms with Crippen LogP contribution in [0.5, 0.6) is 0 Å². The maximum atomic E-state index is 6.12. The Morgan fingerprint density at radius 2 is 1.76 bits per heavy atom. The third kappa shape index (κ3) is 1.84. The van der Waals surface area contributed by atoms with Gasteiger partial charge in [0.25, 0.3) is 0 Å². The van der Waals surface area contributed by atoms with Gasteiger partial charge in [0.15, 0.2) is 0 Å². The first-order valence-electron chi connectivity index (χ1n) is 7.36. The predicted octanol–water partition coefficient (Wildman–Crippen LogP) is 2.62. The Balaban J connectivity index is 1.89. The van der Waals surface area contributed by atoms with Gasteiger partial charge in [-0.05, 0) is 83.2 Å². The summed E-state index contributed by atoms with van der Waals surface area (Å²) in [6, 6.07) is 0.380. The average molecular weight is 236 g/mol. The molecule has 98 valence electrons. The first-order valence-corrected chi connectivity index (χ1v) is 7.36. The van der Waals surface area contributed by atoms with E-state index in [0.29, 0.717) is 17.0 Å². The second kappa shape index (κ2) is 3.71. The van der Waals surface area contributed by atoms with Gasteiger partial charge in [-0.25, -0.2) is 0 Å². The van der Waals surface area contributed by atoms with Crippen molar-refractivity contribution in [3.05, 3.63) is 0 Å². The zero-order valence-electron chi connectivity index (χ0n) is 11.7. The Hall–Kier alpha value is -0.0800. The molecule has 4 aliphatic carbocycles. The fourth-order valence-corrected chi connectivity index (χ4v) is 5.85. The van der Waals surface area contributed by atoms with Crippen LogP contribution in [0.15, 0.2) is 0 Å². The van der Waals surface area contributed by atoms with Crippen LogP contribution in [-0.4, -0.2) is 30.6 Å². The van der Waals surface area contributed by atoms with E-state index in [1.165, 1.54) is 44.9 Å². The standard InChI is InChI=1S/C15H28N2/c1-11(16)5-14-6-12-4-13(7-14)9-15(8-12,10-14)17(2)3/h11-13H,4-10,16H2,1-3H3. The predicted molar refractivity (Wildman–Crippen MR) is 71.8 cm³/mol. The number of hydrogen-bond donors (Lipinski definition) is 1. The lowest BCUT2D eigenvalue weighted by molar-refractivity contribution is -0.124. The Bertz CT molecular complexity index is 289. The second-order valence-electron chi connectivity index (χ2n) is 7.76. The first kappa shape index (κ1) is 12.0. The molecule has 4 rings (SSSR count). The van der Waals surface area contributed by atoms with Crippen molar-refractivity contribution in [2.75, 3.05) is 14.1 Å². The van der Waals surface area contributed by atoms with Crippen LogP contribution < -0.4 is 5.73 Å². The maximum Gasteiger partial charge on any atom is 0.0214 e. The summed E-state index contributed by atoms with van der Waals surface area (Å²) < 4.78 is 0. The van der Waals surface area contributed by atoms with Gasteiger partial charge in [-0.15, -0.1) is 0 Å². The van der Waals surface area contributed by atoms with Gasteiger partial charge in [0.05, 0.1) is 0 Å². The van der Waals surface area contributed by atoms with E-state index in [4.69, 9.17) is 5.73 Å². The molecule has 0 heterocycles. The highest BCUT2D eigenvalue weighted by Crippen LogP contribution is 2.64. The molecule has 2 nitrogen and oxygen atoms in total. The third-order valence-corrected chi connectivity index (χ3v) is 5.86. The van der Waals surface area contributed by atoms with Crippen LogP contribution in [0.4, 0.5) is 0 Å². The largest absolute Gasteiger partial charge is 0.328 e. The Morgan fingerprint density at radius 3 is 2.24 bits per heavy atom. The van der Waals surface area contributed by atoms with Crippen LogP contribution in [0.2, 0.25) is 0 Å². The molecule has 0 spiro atoms. The topological polar surface area (TPSA) is 29.3 Å². The molecule has 0 aromatic carbocycles. The van der Waals surface area contributed by atoms with Crippen molar-refractivity contribution >= 4 is 0 Å².